The van der Waals surface area contributed by atoms with Crippen molar-refractivity contribution in [2.24, 2.45) is 0 Å². The number of carbonyl (C=O) groups is 3. The van der Waals surface area contributed by atoms with E-state index >= 15 is 0 Å². The first-order valence-corrected chi connectivity index (χ1v) is 8.66. The number of amides is 2. The fourth-order valence-electron chi connectivity index (χ4n) is 3.45. The maximum atomic E-state index is 12.0. The van der Waals surface area contributed by atoms with Crippen molar-refractivity contribution in [1.29, 1.82) is 0 Å². The third kappa shape index (κ3) is 4.05. The summed E-state index contributed by atoms with van der Waals surface area (Å²) in [5, 5.41) is 5.71. The number of imide groups is 1. The number of rotatable bonds is 5. The van der Waals surface area contributed by atoms with Gasteiger partial charge < -0.3 is 10.2 Å². The smallest absolute Gasteiger partial charge is 0.243 e. The first kappa shape index (κ1) is 17.6. The molecule has 2 aliphatic rings. The molecule has 1 aromatic carbocycles. The molecule has 1 atom stereocenters. The normalized spacial score (nSPS) is 21.4. The highest BCUT2D eigenvalue weighted by atomic mass is 16.2. The molecule has 0 aromatic heterocycles. The molecule has 0 aliphatic carbocycles. The molecule has 7 heteroatoms. The maximum Gasteiger partial charge on any atom is 0.243 e. The van der Waals surface area contributed by atoms with Gasteiger partial charge in [0, 0.05) is 50.4 Å². The summed E-state index contributed by atoms with van der Waals surface area (Å²) in [7, 11) is 1.85. The predicted octanol–water partition coefficient (Wildman–Crippen LogP) is 0.146. The van der Waals surface area contributed by atoms with Crippen LogP contribution in [-0.2, 0) is 16.1 Å². The Kier molecular flexibility index (Phi) is 5.45. The first-order chi connectivity index (χ1) is 12.1. The third-order valence-corrected chi connectivity index (χ3v) is 4.90. The molecular formula is C18H24N4O3. The Labute approximate surface area is 147 Å². The number of likely N-dealkylation sites (N-methyl/N-ethyl adjacent to an activating group) is 1. The fourth-order valence-corrected chi connectivity index (χ4v) is 3.45. The number of nitrogens with one attached hydrogen (secondary N) is 2. The number of anilines is 1. The second-order valence-corrected chi connectivity index (χ2v) is 6.62. The molecule has 0 saturated carbocycles. The third-order valence-electron chi connectivity index (χ3n) is 4.90. The molecule has 2 heterocycles. The SMILES string of the molecule is CN(Cc1cc(N2CCNCC2)ccc1C=O)C1CCC(=O)NC1=O. The van der Waals surface area contributed by atoms with Crippen LogP contribution in [0.25, 0.3) is 0 Å². The van der Waals surface area contributed by atoms with Crippen molar-refractivity contribution >= 4 is 23.8 Å². The molecule has 2 N–H and O–H groups in total. The topological polar surface area (TPSA) is 81.8 Å². The summed E-state index contributed by atoms with van der Waals surface area (Å²) in [4.78, 5) is 39.0. The Morgan fingerprint density at radius 1 is 1.28 bits per heavy atom. The number of benzene rings is 1. The van der Waals surface area contributed by atoms with Gasteiger partial charge in [-0.25, -0.2) is 0 Å². The van der Waals surface area contributed by atoms with E-state index in [9.17, 15) is 14.4 Å². The van der Waals surface area contributed by atoms with E-state index in [0.29, 0.717) is 24.9 Å². The monoisotopic (exact) mass is 344 g/mol. The zero-order valence-corrected chi connectivity index (χ0v) is 14.5. The summed E-state index contributed by atoms with van der Waals surface area (Å²) in [5.74, 6) is -0.478. The molecule has 7 nitrogen and oxygen atoms in total. The summed E-state index contributed by atoms with van der Waals surface area (Å²) in [5.41, 5.74) is 2.63. The lowest BCUT2D eigenvalue weighted by molar-refractivity contribution is -0.137. The summed E-state index contributed by atoms with van der Waals surface area (Å²) in [6.45, 7) is 4.24. The minimum atomic E-state index is -0.347. The molecule has 2 amide bonds. The van der Waals surface area contributed by atoms with E-state index < -0.39 is 0 Å². The van der Waals surface area contributed by atoms with Gasteiger partial charge in [-0.05, 0) is 37.2 Å². The van der Waals surface area contributed by atoms with Crippen LogP contribution in [0.2, 0.25) is 0 Å². The van der Waals surface area contributed by atoms with Gasteiger partial charge in [0.15, 0.2) is 0 Å². The Morgan fingerprint density at radius 3 is 2.72 bits per heavy atom. The maximum absolute atomic E-state index is 12.0. The lowest BCUT2D eigenvalue weighted by Crippen LogP contribution is -2.51. The van der Waals surface area contributed by atoms with Crippen molar-refractivity contribution in [3.8, 4) is 0 Å². The molecule has 0 radical (unpaired) electrons. The highest BCUT2D eigenvalue weighted by Gasteiger charge is 2.30. The first-order valence-electron chi connectivity index (χ1n) is 8.66. The van der Waals surface area contributed by atoms with Crippen molar-refractivity contribution in [3.05, 3.63) is 29.3 Å². The van der Waals surface area contributed by atoms with E-state index in [1.54, 1.807) is 0 Å². The summed E-state index contributed by atoms with van der Waals surface area (Å²) < 4.78 is 0. The molecule has 0 spiro atoms. The Morgan fingerprint density at radius 2 is 2.04 bits per heavy atom. The minimum absolute atomic E-state index is 0.219. The van der Waals surface area contributed by atoms with Crippen LogP contribution in [0, 0.1) is 0 Å². The molecule has 2 fully saturated rings. The number of carbonyl (C=O) groups excluding carboxylic acids is 3. The average Bonchev–Trinajstić information content (AvgIpc) is 2.62. The molecule has 1 unspecified atom stereocenters. The van der Waals surface area contributed by atoms with Gasteiger partial charge in [-0.1, -0.05) is 0 Å². The summed E-state index contributed by atoms with van der Waals surface area (Å²) in [6.07, 6.45) is 1.71. The van der Waals surface area contributed by atoms with Gasteiger partial charge in [0.1, 0.15) is 6.29 Å². The van der Waals surface area contributed by atoms with Crippen LogP contribution >= 0.6 is 0 Å². The van der Waals surface area contributed by atoms with Gasteiger partial charge in [0.25, 0.3) is 0 Å². The largest absolute Gasteiger partial charge is 0.369 e. The van der Waals surface area contributed by atoms with Crippen molar-refractivity contribution < 1.29 is 14.4 Å². The molecule has 134 valence electrons. The van der Waals surface area contributed by atoms with Crippen LogP contribution in [0.1, 0.15) is 28.8 Å². The van der Waals surface area contributed by atoms with Gasteiger partial charge in [-0.15, -0.1) is 0 Å². The second kappa shape index (κ2) is 7.76. The van der Waals surface area contributed by atoms with Crippen molar-refractivity contribution in [2.75, 3.05) is 38.1 Å². The number of hydrogen-bond acceptors (Lipinski definition) is 6. The molecule has 1 aromatic rings. The Balaban J connectivity index is 1.76. The van der Waals surface area contributed by atoms with Gasteiger partial charge in [0.2, 0.25) is 11.8 Å². The van der Waals surface area contributed by atoms with E-state index in [0.717, 1.165) is 43.7 Å². The van der Waals surface area contributed by atoms with Crippen LogP contribution in [0.3, 0.4) is 0 Å². The van der Waals surface area contributed by atoms with Crippen LogP contribution in [0.15, 0.2) is 18.2 Å². The van der Waals surface area contributed by atoms with E-state index in [1.165, 1.54) is 0 Å². The molecule has 3 rings (SSSR count). The molecule has 2 aliphatic heterocycles. The molecule has 0 bridgehead atoms. The second-order valence-electron chi connectivity index (χ2n) is 6.62. The van der Waals surface area contributed by atoms with Crippen LogP contribution in [0.5, 0.6) is 0 Å². The van der Waals surface area contributed by atoms with Crippen LogP contribution < -0.4 is 15.5 Å². The van der Waals surface area contributed by atoms with Crippen LogP contribution in [-0.4, -0.2) is 62.3 Å². The van der Waals surface area contributed by atoms with Gasteiger partial charge >= 0.3 is 0 Å². The Hall–Kier alpha value is -2.25. The number of piperidine rings is 1. The number of nitrogens with zero attached hydrogens (tertiary/aromatic N) is 2. The quantitative estimate of drug-likeness (QED) is 0.584. The lowest BCUT2D eigenvalue weighted by Gasteiger charge is -2.32. The molecule has 25 heavy (non-hydrogen) atoms. The lowest BCUT2D eigenvalue weighted by atomic mass is 10.0. The minimum Gasteiger partial charge on any atom is -0.369 e. The highest BCUT2D eigenvalue weighted by Crippen LogP contribution is 2.22. The number of piperazine rings is 1. The standard InChI is InChI=1S/C18H24N4O3/c1-21(16-4-5-17(24)20-18(16)25)11-14-10-15(3-2-13(14)12-23)22-8-6-19-7-9-22/h2-3,10,12,16,19H,4-9,11H2,1H3,(H,20,24,25). The summed E-state index contributed by atoms with van der Waals surface area (Å²) in [6, 6.07) is 5.51. The van der Waals surface area contributed by atoms with Crippen molar-refractivity contribution in [1.82, 2.24) is 15.5 Å². The zero-order chi connectivity index (χ0) is 17.8. The van der Waals surface area contributed by atoms with Crippen molar-refractivity contribution in [2.45, 2.75) is 25.4 Å². The van der Waals surface area contributed by atoms with E-state index in [-0.39, 0.29) is 17.9 Å². The fraction of sp³-hybridized carbons (Fsp3) is 0.500. The van der Waals surface area contributed by atoms with Gasteiger partial charge in [-0.3, -0.25) is 24.6 Å². The number of aldehydes is 1. The van der Waals surface area contributed by atoms with Crippen molar-refractivity contribution in [3.63, 3.8) is 0 Å². The van der Waals surface area contributed by atoms with Gasteiger partial charge in [-0.2, -0.15) is 0 Å². The highest BCUT2D eigenvalue weighted by molar-refractivity contribution is 6.00. The van der Waals surface area contributed by atoms with Gasteiger partial charge in [0.05, 0.1) is 6.04 Å². The summed E-state index contributed by atoms with van der Waals surface area (Å²) >= 11 is 0. The predicted molar refractivity (Wildman–Crippen MR) is 94.6 cm³/mol. The Bertz CT molecular complexity index is 670. The average molecular weight is 344 g/mol. The molecule has 2 saturated heterocycles. The van der Waals surface area contributed by atoms with Crippen LogP contribution in [0.4, 0.5) is 5.69 Å². The molecular weight excluding hydrogens is 320 g/mol. The zero-order valence-electron chi connectivity index (χ0n) is 14.5. The van der Waals surface area contributed by atoms with E-state index in [1.807, 2.05) is 30.1 Å². The van der Waals surface area contributed by atoms with E-state index in [2.05, 4.69) is 15.5 Å². The number of hydrogen-bond donors (Lipinski definition) is 2. The van der Waals surface area contributed by atoms with E-state index in [4.69, 9.17) is 0 Å².